The Morgan fingerprint density at radius 2 is 1.04 bits per heavy atom. The number of hydrogen-bond donors (Lipinski definition) is 0. The van der Waals surface area contributed by atoms with Gasteiger partial charge in [0.15, 0.2) is 0 Å². The van der Waals surface area contributed by atoms with E-state index in [0.29, 0.717) is 6.61 Å². The standard InChI is InChI=1S/C20H40O3/c1-3-4-5-6-7-8-9-10-11-12-13-14-15-16-17-18-23-20(21)19-22-2/h3-19H2,1-2H3. The predicted octanol–water partition coefficient (Wildman–Crippen LogP) is 6.05. The summed E-state index contributed by atoms with van der Waals surface area (Å²) in [5.74, 6) is -0.252. The molecule has 0 saturated carbocycles. The Kier molecular flexibility index (Phi) is 19.0. The Morgan fingerprint density at radius 1 is 0.652 bits per heavy atom. The van der Waals surface area contributed by atoms with Crippen molar-refractivity contribution in [2.45, 2.75) is 103 Å². The fourth-order valence-electron chi connectivity index (χ4n) is 2.82. The summed E-state index contributed by atoms with van der Waals surface area (Å²) < 4.78 is 9.74. The van der Waals surface area contributed by atoms with Crippen molar-refractivity contribution in [1.82, 2.24) is 0 Å². The maximum absolute atomic E-state index is 11.0. The van der Waals surface area contributed by atoms with Crippen LogP contribution in [0.1, 0.15) is 103 Å². The van der Waals surface area contributed by atoms with Gasteiger partial charge >= 0.3 is 5.97 Å². The van der Waals surface area contributed by atoms with Crippen LogP contribution in [0.5, 0.6) is 0 Å². The Labute approximate surface area is 144 Å². The van der Waals surface area contributed by atoms with Crippen molar-refractivity contribution in [2.75, 3.05) is 20.3 Å². The van der Waals surface area contributed by atoms with Crippen molar-refractivity contribution in [3.05, 3.63) is 0 Å². The molecule has 138 valence electrons. The van der Waals surface area contributed by atoms with Crippen molar-refractivity contribution in [3.63, 3.8) is 0 Å². The van der Waals surface area contributed by atoms with Gasteiger partial charge in [0.05, 0.1) is 6.61 Å². The van der Waals surface area contributed by atoms with Crippen LogP contribution in [0.2, 0.25) is 0 Å². The highest BCUT2D eigenvalue weighted by Crippen LogP contribution is 2.13. The third kappa shape index (κ3) is 19.4. The van der Waals surface area contributed by atoms with E-state index in [1.807, 2.05) is 0 Å². The van der Waals surface area contributed by atoms with Gasteiger partial charge in [-0.3, -0.25) is 0 Å². The normalized spacial score (nSPS) is 10.9. The zero-order valence-electron chi connectivity index (χ0n) is 15.7. The highest BCUT2D eigenvalue weighted by atomic mass is 16.6. The molecule has 0 aromatic rings. The molecule has 0 N–H and O–H groups in total. The first-order valence-corrected chi connectivity index (χ1v) is 9.95. The van der Waals surface area contributed by atoms with E-state index in [0.717, 1.165) is 12.8 Å². The number of methoxy groups -OCH3 is 1. The van der Waals surface area contributed by atoms with Crippen LogP contribution in [0, 0.1) is 0 Å². The molecule has 3 heteroatoms. The summed E-state index contributed by atoms with van der Waals surface area (Å²) in [5.41, 5.74) is 0. The third-order valence-corrected chi connectivity index (χ3v) is 4.27. The van der Waals surface area contributed by atoms with Crippen molar-refractivity contribution in [1.29, 1.82) is 0 Å². The lowest BCUT2D eigenvalue weighted by Gasteiger charge is -2.04. The van der Waals surface area contributed by atoms with E-state index < -0.39 is 0 Å². The molecule has 0 bridgehead atoms. The van der Waals surface area contributed by atoms with Gasteiger partial charge in [-0.05, 0) is 6.42 Å². The fourth-order valence-corrected chi connectivity index (χ4v) is 2.82. The lowest BCUT2D eigenvalue weighted by Crippen LogP contribution is -2.11. The van der Waals surface area contributed by atoms with Gasteiger partial charge < -0.3 is 9.47 Å². The van der Waals surface area contributed by atoms with Gasteiger partial charge in [0.25, 0.3) is 0 Å². The number of esters is 1. The monoisotopic (exact) mass is 328 g/mol. The molecule has 0 aromatic carbocycles. The Bertz CT molecular complexity index is 241. The fraction of sp³-hybridized carbons (Fsp3) is 0.950. The van der Waals surface area contributed by atoms with Crippen LogP contribution in [0.15, 0.2) is 0 Å². The van der Waals surface area contributed by atoms with Crippen molar-refractivity contribution in [3.8, 4) is 0 Å². The van der Waals surface area contributed by atoms with Gasteiger partial charge in [-0.1, -0.05) is 96.8 Å². The number of hydrogen-bond acceptors (Lipinski definition) is 3. The summed E-state index contributed by atoms with van der Waals surface area (Å²) in [6, 6.07) is 0. The lowest BCUT2D eigenvalue weighted by atomic mass is 10.0. The van der Waals surface area contributed by atoms with Crippen LogP contribution in [-0.2, 0) is 14.3 Å². The summed E-state index contributed by atoms with van der Waals surface area (Å²) in [7, 11) is 1.51. The molecule has 0 amide bonds. The van der Waals surface area contributed by atoms with Crippen LogP contribution in [0.25, 0.3) is 0 Å². The zero-order valence-corrected chi connectivity index (χ0v) is 15.7. The van der Waals surface area contributed by atoms with E-state index in [-0.39, 0.29) is 12.6 Å². The summed E-state index contributed by atoms with van der Waals surface area (Å²) in [6.07, 6.45) is 20.2. The first kappa shape index (κ1) is 22.4. The molecule has 0 saturated heterocycles. The first-order chi connectivity index (χ1) is 11.3. The SMILES string of the molecule is CCCCCCCCCCCCCCCCCOC(=O)COC. The van der Waals surface area contributed by atoms with Crippen LogP contribution >= 0.6 is 0 Å². The molecular formula is C20H40O3. The number of ether oxygens (including phenoxy) is 2. The quantitative estimate of drug-likeness (QED) is 0.227. The van der Waals surface area contributed by atoms with Gasteiger partial charge in [0, 0.05) is 7.11 Å². The Balaban J connectivity index is 3.01. The minimum Gasteiger partial charge on any atom is -0.464 e. The highest BCUT2D eigenvalue weighted by molar-refractivity contribution is 5.70. The first-order valence-electron chi connectivity index (χ1n) is 9.95. The van der Waals surface area contributed by atoms with Gasteiger partial charge in [-0.25, -0.2) is 4.79 Å². The van der Waals surface area contributed by atoms with Crippen LogP contribution < -0.4 is 0 Å². The van der Waals surface area contributed by atoms with Gasteiger partial charge in [0.1, 0.15) is 6.61 Å². The molecule has 0 heterocycles. The predicted molar refractivity (Wildman–Crippen MR) is 97.8 cm³/mol. The minimum absolute atomic E-state index is 0.0682. The summed E-state index contributed by atoms with van der Waals surface area (Å²) >= 11 is 0. The molecule has 0 rings (SSSR count). The smallest absolute Gasteiger partial charge is 0.332 e. The molecule has 0 aromatic heterocycles. The molecule has 3 nitrogen and oxygen atoms in total. The number of carbonyl (C=O) groups is 1. The average Bonchev–Trinajstić information content (AvgIpc) is 2.54. The van der Waals surface area contributed by atoms with E-state index in [2.05, 4.69) is 6.92 Å². The van der Waals surface area contributed by atoms with Gasteiger partial charge in [-0.15, -0.1) is 0 Å². The largest absolute Gasteiger partial charge is 0.464 e. The number of rotatable bonds is 18. The van der Waals surface area contributed by atoms with Gasteiger partial charge in [0.2, 0.25) is 0 Å². The molecule has 0 unspecified atom stereocenters. The molecular weight excluding hydrogens is 288 g/mol. The number of carbonyl (C=O) groups excluding carboxylic acids is 1. The van der Waals surface area contributed by atoms with E-state index >= 15 is 0 Å². The van der Waals surface area contributed by atoms with Crippen molar-refractivity contribution in [2.24, 2.45) is 0 Å². The average molecular weight is 329 g/mol. The van der Waals surface area contributed by atoms with Crippen molar-refractivity contribution < 1.29 is 14.3 Å². The summed E-state index contributed by atoms with van der Waals surface area (Å²) in [5, 5.41) is 0. The van der Waals surface area contributed by atoms with Crippen LogP contribution in [0.3, 0.4) is 0 Å². The molecule has 0 aliphatic heterocycles. The second-order valence-corrected chi connectivity index (χ2v) is 6.60. The topological polar surface area (TPSA) is 35.5 Å². The maximum atomic E-state index is 11.0. The van der Waals surface area contributed by atoms with Crippen LogP contribution in [0.4, 0.5) is 0 Å². The molecule has 23 heavy (non-hydrogen) atoms. The molecule has 0 atom stereocenters. The Hall–Kier alpha value is -0.570. The molecule has 0 aliphatic rings. The zero-order chi connectivity index (χ0) is 17.0. The summed E-state index contributed by atoms with van der Waals surface area (Å²) in [4.78, 5) is 11.0. The Morgan fingerprint density at radius 3 is 1.43 bits per heavy atom. The molecule has 0 spiro atoms. The van der Waals surface area contributed by atoms with Gasteiger partial charge in [-0.2, -0.15) is 0 Å². The highest BCUT2D eigenvalue weighted by Gasteiger charge is 2.00. The van der Waals surface area contributed by atoms with E-state index in [1.165, 1.54) is 90.6 Å². The number of unbranched alkanes of at least 4 members (excludes halogenated alkanes) is 14. The molecule has 0 fully saturated rings. The van der Waals surface area contributed by atoms with E-state index in [1.54, 1.807) is 0 Å². The van der Waals surface area contributed by atoms with Crippen molar-refractivity contribution >= 4 is 5.97 Å². The van der Waals surface area contributed by atoms with E-state index in [4.69, 9.17) is 9.47 Å². The van der Waals surface area contributed by atoms with E-state index in [9.17, 15) is 4.79 Å². The lowest BCUT2D eigenvalue weighted by molar-refractivity contribution is -0.148. The second-order valence-electron chi connectivity index (χ2n) is 6.60. The van der Waals surface area contributed by atoms with Crippen LogP contribution in [-0.4, -0.2) is 26.3 Å². The maximum Gasteiger partial charge on any atom is 0.332 e. The minimum atomic E-state index is -0.252. The molecule has 0 radical (unpaired) electrons. The third-order valence-electron chi connectivity index (χ3n) is 4.27. The second kappa shape index (κ2) is 19.5. The summed E-state index contributed by atoms with van der Waals surface area (Å²) in [6.45, 7) is 2.89. The molecule has 0 aliphatic carbocycles.